The molecule has 1 aromatic carbocycles. The molecule has 0 unspecified atom stereocenters. The minimum Gasteiger partial charge on any atom is -0.294 e. The summed E-state index contributed by atoms with van der Waals surface area (Å²) in [5, 5.41) is 0.731. The summed E-state index contributed by atoms with van der Waals surface area (Å²) in [7, 11) is 0. The Bertz CT molecular complexity index is 553. The quantitative estimate of drug-likeness (QED) is 0.684. The van der Waals surface area contributed by atoms with E-state index < -0.39 is 0 Å². The molecule has 19 heavy (non-hydrogen) atoms. The largest absolute Gasteiger partial charge is 0.294 e. The van der Waals surface area contributed by atoms with Crippen LogP contribution in [0, 0.1) is 23.2 Å². The summed E-state index contributed by atoms with van der Waals surface area (Å²) in [4.78, 5) is 12.6. The third kappa shape index (κ3) is 1.87. The first kappa shape index (κ1) is 12.9. The highest BCUT2D eigenvalue weighted by Gasteiger charge is 2.58. The summed E-state index contributed by atoms with van der Waals surface area (Å²) in [5.41, 5.74) is 2.26. The van der Waals surface area contributed by atoms with E-state index in [4.69, 9.17) is 11.6 Å². The van der Waals surface area contributed by atoms with Crippen LogP contribution in [0.25, 0.3) is 6.08 Å². The van der Waals surface area contributed by atoms with Crippen molar-refractivity contribution in [3.63, 3.8) is 0 Å². The van der Waals surface area contributed by atoms with Crippen LogP contribution >= 0.6 is 11.6 Å². The Morgan fingerprint density at radius 3 is 2.42 bits per heavy atom. The maximum atomic E-state index is 12.6. The van der Waals surface area contributed by atoms with Gasteiger partial charge in [0.15, 0.2) is 5.78 Å². The van der Waals surface area contributed by atoms with Gasteiger partial charge in [0.05, 0.1) is 0 Å². The van der Waals surface area contributed by atoms with Gasteiger partial charge in [-0.2, -0.15) is 0 Å². The zero-order chi connectivity index (χ0) is 13.8. The van der Waals surface area contributed by atoms with Gasteiger partial charge in [0.1, 0.15) is 0 Å². The number of benzene rings is 1. The lowest BCUT2D eigenvalue weighted by atomic mass is 9.44. The van der Waals surface area contributed by atoms with E-state index in [-0.39, 0.29) is 11.3 Å². The lowest BCUT2D eigenvalue weighted by Gasteiger charge is -2.59. The molecular weight excluding hydrogens is 256 g/mol. The highest BCUT2D eigenvalue weighted by atomic mass is 35.5. The predicted octanol–water partition coefficient (Wildman–Crippen LogP) is 4.60. The van der Waals surface area contributed by atoms with Crippen LogP contribution in [0.2, 0.25) is 5.02 Å². The predicted molar refractivity (Wildman–Crippen MR) is 79.0 cm³/mol. The second-order valence-electron chi connectivity index (χ2n) is 6.52. The summed E-state index contributed by atoms with van der Waals surface area (Å²) in [6.07, 6.45) is 3.13. The van der Waals surface area contributed by atoms with Crippen LogP contribution in [0.15, 0.2) is 29.8 Å². The van der Waals surface area contributed by atoms with Gasteiger partial charge in [0, 0.05) is 10.9 Å². The number of halogens is 1. The van der Waals surface area contributed by atoms with Crippen LogP contribution in [0.3, 0.4) is 0 Å². The van der Waals surface area contributed by atoms with Crippen molar-refractivity contribution < 1.29 is 4.79 Å². The van der Waals surface area contributed by atoms with Gasteiger partial charge in [-0.3, -0.25) is 4.79 Å². The van der Waals surface area contributed by atoms with Crippen molar-refractivity contribution in [2.45, 2.75) is 27.2 Å². The van der Waals surface area contributed by atoms with Gasteiger partial charge < -0.3 is 0 Å². The Labute approximate surface area is 119 Å². The second-order valence-corrected chi connectivity index (χ2v) is 6.96. The number of Topliss-reactive ketones (excluding diaryl/α,β-unsaturated/α-hetero) is 1. The van der Waals surface area contributed by atoms with Crippen molar-refractivity contribution >= 4 is 23.5 Å². The lowest BCUT2D eigenvalue weighted by molar-refractivity contribution is -0.146. The Morgan fingerprint density at radius 1 is 1.26 bits per heavy atom. The lowest BCUT2D eigenvalue weighted by Crippen LogP contribution is -2.57. The van der Waals surface area contributed by atoms with Gasteiger partial charge in [-0.25, -0.2) is 0 Å². The monoisotopic (exact) mass is 274 g/mol. The molecule has 3 atom stereocenters. The van der Waals surface area contributed by atoms with Crippen LogP contribution in [0.5, 0.6) is 0 Å². The van der Waals surface area contributed by atoms with Gasteiger partial charge in [0.2, 0.25) is 0 Å². The number of hydrogen-bond donors (Lipinski definition) is 0. The van der Waals surface area contributed by atoms with Gasteiger partial charge in [-0.05, 0) is 53.0 Å². The molecule has 0 saturated heterocycles. The summed E-state index contributed by atoms with van der Waals surface area (Å²) in [5.74, 6) is 1.60. The van der Waals surface area contributed by atoms with Crippen molar-refractivity contribution in [2.75, 3.05) is 0 Å². The molecule has 3 aliphatic rings. The molecule has 1 nitrogen and oxygen atoms in total. The minimum absolute atomic E-state index is 0.188. The molecule has 100 valence electrons. The number of rotatable bonds is 1. The first-order chi connectivity index (χ1) is 8.91. The molecule has 0 N–H and O–H groups in total. The van der Waals surface area contributed by atoms with Crippen LogP contribution in [0.4, 0.5) is 0 Å². The topological polar surface area (TPSA) is 17.1 Å². The maximum Gasteiger partial charge on any atom is 0.162 e. The van der Waals surface area contributed by atoms with Crippen LogP contribution in [-0.4, -0.2) is 5.78 Å². The molecule has 0 amide bonds. The molecular formula is C17H19ClO. The fourth-order valence-corrected chi connectivity index (χ4v) is 3.96. The van der Waals surface area contributed by atoms with Crippen molar-refractivity contribution in [1.82, 2.24) is 0 Å². The van der Waals surface area contributed by atoms with Crippen LogP contribution < -0.4 is 0 Å². The highest BCUT2D eigenvalue weighted by Crippen LogP contribution is 2.61. The third-order valence-electron chi connectivity index (χ3n) is 5.23. The fourth-order valence-electron chi connectivity index (χ4n) is 3.84. The second kappa shape index (κ2) is 4.21. The number of ketones is 1. The number of allylic oxidation sites excluding steroid dienone is 1. The van der Waals surface area contributed by atoms with E-state index in [1.54, 1.807) is 0 Å². The molecule has 0 aromatic heterocycles. The van der Waals surface area contributed by atoms with Crippen molar-refractivity contribution in [2.24, 2.45) is 23.2 Å². The molecule has 1 aromatic rings. The summed E-state index contributed by atoms with van der Waals surface area (Å²) in [6, 6.07) is 7.69. The fraction of sp³-hybridized carbons (Fsp3) is 0.471. The minimum atomic E-state index is 0.188. The first-order valence-electron chi connectivity index (χ1n) is 6.92. The molecule has 3 saturated carbocycles. The average Bonchev–Trinajstić information content (AvgIpc) is 2.35. The Balaban J connectivity index is 1.94. The standard InChI is InChI=1S/C17H19ClO/c1-10-13(8-11-4-6-12(18)7-5-11)16(19)15-9-14(10)17(15,2)3/h4-8,10,14-15H,9H2,1-3H3/b13-8-/t10-,14+,15+/m0/s1. The van der Waals surface area contributed by atoms with Gasteiger partial charge >= 0.3 is 0 Å². The van der Waals surface area contributed by atoms with E-state index in [2.05, 4.69) is 26.8 Å². The molecule has 3 aliphatic carbocycles. The zero-order valence-electron chi connectivity index (χ0n) is 11.6. The van der Waals surface area contributed by atoms with E-state index in [9.17, 15) is 4.79 Å². The third-order valence-corrected chi connectivity index (χ3v) is 5.48. The SMILES string of the molecule is C[C@H]1/C(=C/c2ccc(Cl)cc2)C(=O)[C@H]2C[C@H]1C2(C)C. The number of carbonyl (C=O) groups is 1. The number of fused-ring (bicyclic) bond motifs is 2. The Kier molecular flexibility index (Phi) is 2.86. The van der Waals surface area contributed by atoms with E-state index in [1.165, 1.54) is 0 Å². The van der Waals surface area contributed by atoms with Gasteiger partial charge in [-0.15, -0.1) is 0 Å². The summed E-state index contributed by atoms with van der Waals surface area (Å²) in [6.45, 7) is 6.67. The maximum absolute atomic E-state index is 12.6. The van der Waals surface area contributed by atoms with E-state index in [1.807, 2.05) is 24.3 Å². The molecule has 0 aliphatic heterocycles. The Morgan fingerprint density at radius 2 is 1.89 bits per heavy atom. The smallest absolute Gasteiger partial charge is 0.162 e. The molecule has 0 spiro atoms. The molecule has 4 rings (SSSR count). The van der Waals surface area contributed by atoms with Gasteiger partial charge in [0.25, 0.3) is 0 Å². The molecule has 2 heteroatoms. The van der Waals surface area contributed by atoms with Crippen molar-refractivity contribution in [1.29, 1.82) is 0 Å². The molecule has 0 radical (unpaired) electrons. The van der Waals surface area contributed by atoms with Crippen molar-refractivity contribution in [3.8, 4) is 0 Å². The van der Waals surface area contributed by atoms with Crippen molar-refractivity contribution in [3.05, 3.63) is 40.4 Å². The van der Waals surface area contributed by atoms with Gasteiger partial charge in [-0.1, -0.05) is 44.5 Å². The summed E-state index contributed by atoms with van der Waals surface area (Å²) < 4.78 is 0. The van der Waals surface area contributed by atoms with E-state index >= 15 is 0 Å². The number of carbonyl (C=O) groups excluding carboxylic acids is 1. The summed E-state index contributed by atoms with van der Waals surface area (Å²) >= 11 is 5.89. The molecule has 2 bridgehead atoms. The highest BCUT2D eigenvalue weighted by molar-refractivity contribution is 6.30. The first-order valence-corrected chi connectivity index (χ1v) is 7.30. The molecule has 3 fully saturated rings. The molecule has 0 heterocycles. The normalized spacial score (nSPS) is 34.2. The number of hydrogen-bond acceptors (Lipinski definition) is 1. The Hall–Kier alpha value is -1.08. The average molecular weight is 275 g/mol. The van der Waals surface area contributed by atoms with E-state index in [0.29, 0.717) is 17.6 Å². The van der Waals surface area contributed by atoms with Crippen LogP contribution in [-0.2, 0) is 4.79 Å². The zero-order valence-corrected chi connectivity index (χ0v) is 12.4. The van der Waals surface area contributed by atoms with E-state index in [0.717, 1.165) is 22.6 Å². The van der Waals surface area contributed by atoms with Crippen LogP contribution in [0.1, 0.15) is 32.8 Å².